The molecule has 0 aliphatic heterocycles. The van der Waals surface area contributed by atoms with Crippen molar-refractivity contribution in [1.82, 2.24) is 21.3 Å². The van der Waals surface area contributed by atoms with Crippen LogP contribution in [0.1, 0.15) is 77.7 Å². The highest BCUT2D eigenvalue weighted by Crippen LogP contribution is 2.17. The van der Waals surface area contributed by atoms with Gasteiger partial charge in [0.1, 0.15) is 12.6 Å². The largest absolute Gasteiger partial charge is 0.461 e. The van der Waals surface area contributed by atoms with Gasteiger partial charge in [0.25, 0.3) is 5.91 Å². The zero-order chi connectivity index (χ0) is 33.5. The number of carbonyl (C=O) groups is 6. The monoisotopic (exact) mass is 609 g/mol. The molecule has 14 heteroatoms. The molecule has 0 aliphatic carbocycles. The second-order valence-corrected chi connectivity index (χ2v) is 9.61. The third kappa shape index (κ3) is 19.7. The van der Waals surface area contributed by atoms with E-state index < -0.39 is 29.7 Å². The average molecular weight is 610 g/mol. The highest BCUT2D eigenvalue weighted by atomic mass is 16.5. The Hall–Kier alpha value is -4.04. The van der Waals surface area contributed by atoms with Gasteiger partial charge in [-0.05, 0) is 18.1 Å². The molecule has 0 saturated carbocycles. The van der Waals surface area contributed by atoms with E-state index in [0.29, 0.717) is 17.7 Å². The maximum absolute atomic E-state index is 12.6. The van der Waals surface area contributed by atoms with Crippen molar-refractivity contribution < 1.29 is 33.5 Å². The molecule has 43 heavy (non-hydrogen) atoms. The van der Waals surface area contributed by atoms with E-state index in [9.17, 15) is 28.8 Å². The fourth-order valence-corrected chi connectivity index (χ4v) is 2.99. The Kier molecular flexibility index (Phi) is 22.5. The quantitative estimate of drug-likeness (QED) is 0.138. The second kappa shape index (κ2) is 23.5. The number of primary amides is 1. The highest BCUT2D eigenvalue weighted by Gasteiger charge is 2.24. The lowest BCUT2D eigenvalue weighted by molar-refractivity contribution is -0.142. The van der Waals surface area contributed by atoms with Crippen molar-refractivity contribution in [1.29, 1.82) is 0 Å². The molecule has 1 unspecified atom stereocenters. The Bertz CT molecular complexity index is 1050. The summed E-state index contributed by atoms with van der Waals surface area (Å²) in [6.07, 6.45) is 0.444. The summed E-state index contributed by atoms with van der Waals surface area (Å²) >= 11 is 0. The Balaban J connectivity index is 0. The fraction of sp³-hybridized carbons (Fsp3) is 0.586. The van der Waals surface area contributed by atoms with Gasteiger partial charge < -0.3 is 42.8 Å². The third-order valence-corrected chi connectivity index (χ3v) is 5.21. The molecule has 1 rings (SSSR count). The maximum atomic E-state index is 12.6. The molecule has 1 atom stereocenters. The predicted molar refractivity (Wildman–Crippen MR) is 166 cm³/mol. The summed E-state index contributed by atoms with van der Waals surface area (Å²) < 4.78 is 4.99. The van der Waals surface area contributed by atoms with Crippen LogP contribution in [0.4, 0.5) is 5.69 Å². The van der Waals surface area contributed by atoms with Gasteiger partial charge >= 0.3 is 5.97 Å². The highest BCUT2D eigenvalue weighted by molar-refractivity contribution is 5.99. The van der Waals surface area contributed by atoms with Crippen LogP contribution in [-0.2, 0) is 35.3 Å². The first kappa shape index (κ1) is 41.1. The lowest BCUT2D eigenvalue weighted by atomic mass is 10.0. The summed E-state index contributed by atoms with van der Waals surface area (Å²) in [6.45, 7) is 14.5. The van der Waals surface area contributed by atoms with Gasteiger partial charge in [-0.25, -0.2) is 0 Å². The molecule has 1 aromatic carbocycles. The Labute approximate surface area is 254 Å². The minimum absolute atomic E-state index is 0.0727. The standard InChI is InChI=1S/C24H38N6O6.C3H7NO.C2H6/c1-14(2)22(30-21(33)11-27-15(3)4)24(35)28-12-20(32)29-18-7-6-17(13-36-16(5)31)19(10-18)23(34)26-9-8-25;1-2-3(4)5;1-2/h6-7,10,14-15,22,27H,8-9,11-13,25H2,1-5H3,(H,26,34)(H,28,35)(H,29,32)(H,30,33);2H2,1H3,(H2,4,5);1-2H3. The number of ether oxygens (including phenoxy) is 1. The number of anilines is 1. The van der Waals surface area contributed by atoms with Gasteiger partial charge in [0.2, 0.25) is 23.6 Å². The van der Waals surface area contributed by atoms with E-state index in [0.717, 1.165) is 0 Å². The van der Waals surface area contributed by atoms with Gasteiger partial charge in [0.05, 0.1) is 13.1 Å². The van der Waals surface area contributed by atoms with Crippen LogP contribution in [-0.4, -0.2) is 73.8 Å². The van der Waals surface area contributed by atoms with Crippen molar-refractivity contribution >= 4 is 41.2 Å². The van der Waals surface area contributed by atoms with Crippen molar-refractivity contribution in [2.75, 3.05) is 31.5 Å². The summed E-state index contributed by atoms with van der Waals surface area (Å²) in [7, 11) is 0. The zero-order valence-corrected chi connectivity index (χ0v) is 26.7. The normalized spacial score (nSPS) is 10.7. The Morgan fingerprint density at radius 2 is 1.53 bits per heavy atom. The van der Waals surface area contributed by atoms with Crippen molar-refractivity contribution in [3.8, 4) is 0 Å². The van der Waals surface area contributed by atoms with Crippen molar-refractivity contribution in [3.05, 3.63) is 29.3 Å². The van der Waals surface area contributed by atoms with Crippen LogP contribution in [0.2, 0.25) is 0 Å². The average Bonchev–Trinajstić information content (AvgIpc) is 2.96. The Morgan fingerprint density at radius 1 is 0.930 bits per heavy atom. The van der Waals surface area contributed by atoms with Crippen molar-refractivity contribution in [3.63, 3.8) is 0 Å². The molecule has 0 bridgehead atoms. The zero-order valence-electron chi connectivity index (χ0n) is 26.7. The molecule has 0 spiro atoms. The van der Waals surface area contributed by atoms with Gasteiger partial charge in [-0.15, -0.1) is 0 Å². The topological polar surface area (TPSA) is 224 Å². The van der Waals surface area contributed by atoms with E-state index in [1.54, 1.807) is 32.9 Å². The lowest BCUT2D eigenvalue weighted by Crippen LogP contribution is -2.52. The van der Waals surface area contributed by atoms with E-state index in [1.165, 1.54) is 13.0 Å². The molecule has 244 valence electrons. The number of nitrogens with two attached hydrogens (primary N) is 2. The number of carbonyl (C=O) groups excluding carboxylic acids is 6. The Morgan fingerprint density at radius 3 is 2.02 bits per heavy atom. The lowest BCUT2D eigenvalue weighted by Gasteiger charge is -2.22. The van der Waals surface area contributed by atoms with Gasteiger partial charge in [0.15, 0.2) is 0 Å². The van der Waals surface area contributed by atoms with Crippen LogP contribution in [0.25, 0.3) is 0 Å². The minimum atomic E-state index is -0.808. The van der Waals surface area contributed by atoms with Gasteiger partial charge in [-0.1, -0.05) is 54.5 Å². The van der Waals surface area contributed by atoms with Gasteiger partial charge in [-0.2, -0.15) is 0 Å². The van der Waals surface area contributed by atoms with E-state index in [2.05, 4.69) is 32.3 Å². The van der Waals surface area contributed by atoms with Crippen LogP contribution in [0.15, 0.2) is 18.2 Å². The number of hydrogen-bond donors (Lipinski definition) is 7. The van der Waals surface area contributed by atoms with E-state index in [-0.39, 0.29) is 62.1 Å². The van der Waals surface area contributed by atoms with Crippen molar-refractivity contribution in [2.24, 2.45) is 17.4 Å². The molecule has 1 aromatic rings. The molecule has 0 aliphatic rings. The smallest absolute Gasteiger partial charge is 0.302 e. The van der Waals surface area contributed by atoms with Crippen molar-refractivity contribution in [2.45, 2.75) is 80.5 Å². The van der Waals surface area contributed by atoms with E-state index in [4.69, 9.17) is 10.5 Å². The van der Waals surface area contributed by atoms with Crippen LogP contribution in [0, 0.1) is 5.92 Å². The molecular formula is C29H51N7O7. The first-order chi connectivity index (χ1) is 20.2. The molecule has 9 N–H and O–H groups in total. The summed E-state index contributed by atoms with van der Waals surface area (Å²) in [5.74, 6) is -2.72. The van der Waals surface area contributed by atoms with Crippen LogP contribution >= 0.6 is 0 Å². The van der Waals surface area contributed by atoms with Crippen LogP contribution in [0.3, 0.4) is 0 Å². The first-order valence-corrected chi connectivity index (χ1v) is 14.3. The summed E-state index contributed by atoms with van der Waals surface area (Å²) in [6, 6.07) is 3.87. The number of benzene rings is 1. The summed E-state index contributed by atoms with van der Waals surface area (Å²) in [4.78, 5) is 70.4. The number of rotatable bonds is 15. The van der Waals surface area contributed by atoms with E-state index in [1.807, 2.05) is 27.7 Å². The number of nitrogens with one attached hydrogen (secondary N) is 5. The molecule has 14 nitrogen and oxygen atoms in total. The fourth-order valence-electron chi connectivity index (χ4n) is 2.99. The number of hydrogen-bond acceptors (Lipinski definition) is 9. The van der Waals surface area contributed by atoms with Gasteiger partial charge in [-0.3, -0.25) is 28.8 Å². The molecule has 5 amide bonds. The molecule has 0 aromatic heterocycles. The molecule has 0 heterocycles. The summed E-state index contributed by atoms with van der Waals surface area (Å²) in [5.41, 5.74) is 11.1. The second-order valence-electron chi connectivity index (χ2n) is 9.61. The first-order valence-electron chi connectivity index (χ1n) is 14.3. The minimum Gasteiger partial charge on any atom is -0.461 e. The molecule has 0 fully saturated rings. The van der Waals surface area contributed by atoms with Crippen LogP contribution < -0.4 is 38.1 Å². The van der Waals surface area contributed by atoms with Crippen LogP contribution in [0.5, 0.6) is 0 Å². The molecular weight excluding hydrogens is 558 g/mol. The number of amides is 5. The number of esters is 1. The van der Waals surface area contributed by atoms with Gasteiger partial charge in [0, 0.05) is 49.3 Å². The predicted octanol–water partition coefficient (Wildman–Crippen LogP) is 0.540. The molecule has 0 radical (unpaired) electrons. The molecule has 0 saturated heterocycles. The maximum Gasteiger partial charge on any atom is 0.302 e. The van der Waals surface area contributed by atoms with E-state index >= 15 is 0 Å². The SMILES string of the molecule is CC.CC(=O)OCc1ccc(NC(=O)CNC(=O)C(NC(=O)CNC(C)C)C(C)C)cc1C(=O)NCCN.CCC(N)=O. The summed E-state index contributed by atoms with van der Waals surface area (Å²) in [5, 5.41) is 13.4. The third-order valence-electron chi connectivity index (χ3n) is 5.21.